The van der Waals surface area contributed by atoms with Gasteiger partial charge in [0.15, 0.2) is 0 Å². The molecule has 0 radical (unpaired) electrons. The minimum absolute atomic E-state index is 0.204. The number of hydrogen-bond donors (Lipinski definition) is 2. The molecule has 3 fully saturated rings. The molecular weight excluding hydrogens is 244 g/mol. The smallest absolute Gasteiger partial charge is 0.223 e. The van der Waals surface area contributed by atoms with E-state index in [1.54, 1.807) is 0 Å². The fourth-order valence-electron chi connectivity index (χ4n) is 3.48. The largest absolute Gasteiger partial charge is 0.393 e. The molecule has 0 bridgehead atoms. The molecule has 0 aliphatic heterocycles. The first-order valence-electron chi connectivity index (χ1n) is 7.26. The highest BCUT2D eigenvalue weighted by Gasteiger charge is 2.46. The van der Waals surface area contributed by atoms with Gasteiger partial charge >= 0.3 is 0 Å². The topological polar surface area (TPSA) is 55.1 Å². The Morgan fingerprint density at radius 2 is 1.72 bits per heavy atom. The predicted octanol–water partition coefficient (Wildman–Crippen LogP) is 1.99. The highest BCUT2D eigenvalue weighted by molar-refractivity contribution is 7.80. The van der Waals surface area contributed by atoms with Crippen molar-refractivity contribution < 1.29 is 4.79 Å². The molecule has 0 heterocycles. The van der Waals surface area contributed by atoms with Gasteiger partial charge in [0, 0.05) is 17.9 Å². The number of nitrogens with one attached hydrogen (secondary N) is 1. The number of carbonyl (C=O) groups is 1. The molecule has 3 rings (SSSR count). The summed E-state index contributed by atoms with van der Waals surface area (Å²) >= 11 is 5.11. The fraction of sp³-hybridized carbons (Fsp3) is 0.857. The molecule has 4 heteroatoms. The van der Waals surface area contributed by atoms with Crippen LogP contribution >= 0.6 is 12.2 Å². The van der Waals surface area contributed by atoms with Crippen molar-refractivity contribution >= 4 is 23.1 Å². The zero-order valence-corrected chi connectivity index (χ0v) is 11.5. The van der Waals surface area contributed by atoms with Crippen molar-refractivity contribution in [2.24, 2.45) is 29.4 Å². The molecule has 3 aliphatic carbocycles. The number of thiocarbonyl (C=S) groups is 1. The molecule has 0 spiro atoms. The second kappa shape index (κ2) is 4.80. The first kappa shape index (κ1) is 12.4. The van der Waals surface area contributed by atoms with Crippen molar-refractivity contribution in [1.29, 1.82) is 0 Å². The summed E-state index contributed by atoms with van der Waals surface area (Å²) in [7, 11) is 0. The number of rotatable bonds is 5. The van der Waals surface area contributed by atoms with Crippen LogP contribution in [-0.2, 0) is 4.79 Å². The van der Waals surface area contributed by atoms with Crippen LogP contribution < -0.4 is 11.1 Å². The van der Waals surface area contributed by atoms with Crippen LogP contribution in [0.1, 0.15) is 44.9 Å². The average Bonchev–Trinajstić information content (AvgIpc) is 3.22. The lowest BCUT2D eigenvalue weighted by Gasteiger charge is -2.23. The van der Waals surface area contributed by atoms with E-state index in [2.05, 4.69) is 5.32 Å². The van der Waals surface area contributed by atoms with Crippen LogP contribution in [0.25, 0.3) is 0 Å². The van der Waals surface area contributed by atoms with E-state index >= 15 is 0 Å². The standard InChI is InChI=1S/C14H22N2OS/c15-13(18)10-2-1-3-11(10)16-14(17)12(8-4-5-8)9-6-7-9/h8-12H,1-7H2,(H2,15,18)(H,16,17). The maximum absolute atomic E-state index is 12.4. The summed E-state index contributed by atoms with van der Waals surface area (Å²) in [5.41, 5.74) is 5.76. The molecule has 1 amide bonds. The Morgan fingerprint density at radius 3 is 2.22 bits per heavy atom. The number of nitrogens with two attached hydrogens (primary N) is 1. The van der Waals surface area contributed by atoms with E-state index in [0.29, 0.717) is 16.8 Å². The summed E-state index contributed by atoms with van der Waals surface area (Å²) in [5, 5.41) is 3.25. The molecule has 0 aromatic carbocycles. The van der Waals surface area contributed by atoms with Crippen molar-refractivity contribution in [1.82, 2.24) is 5.32 Å². The molecule has 3 aliphatic rings. The van der Waals surface area contributed by atoms with Gasteiger partial charge in [-0.2, -0.15) is 0 Å². The van der Waals surface area contributed by atoms with Crippen molar-refractivity contribution in [2.45, 2.75) is 51.0 Å². The minimum Gasteiger partial charge on any atom is -0.393 e. The third kappa shape index (κ3) is 2.53. The first-order valence-corrected chi connectivity index (χ1v) is 7.67. The van der Waals surface area contributed by atoms with Crippen LogP contribution in [0.5, 0.6) is 0 Å². The van der Waals surface area contributed by atoms with Crippen molar-refractivity contribution in [3.8, 4) is 0 Å². The van der Waals surface area contributed by atoms with Gasteiger partial charge in [-0.3, -0.25) is 4.79 Å². The van der Waals surface area contributed by atoms with Crippen LogP contribution in [0.4, 0.5) is 0 Å². The zero-order chi connectivity index (χ0) is 12.7. The van der Waals surface area contributed by atoms with Gasteiger partial charge in [-0.05, 0) is 50.4 Å². The maximum atomic E-state index is 12.4. The molecule has 3 N–H and O–H groups in total. The van der Waals surface area contributed by atoms with E-state index in [1.807, 2.05) is 0 Å². The Morgan fingerprint density at radius 1 is 1.11 bits per heavy atom. The number of carbonyl (C=O) groups excluding carboxylic acids is 1. The third-order valence-corrected chi connectivity index (χ3v) is 5.07. The normalized spacial score (nSPS) is 31.6. The van der Waals surface area contributed by atoms with Gasteiger partial charge in [0.1, 0.15) is 0 Å². The molecule has 0 saturated heterocycles. The van der Waals surface area contributed by atoms with Crippen LogP contribution in [0.3, 0.4) is 0 Å². The van der Waals surface area contributed by atoms with E-state index < -0.39 is 0 Å². The van der Waals surface area contributed by atoms with Gasteiger partial charge in [-0.15, -0.1) is 0 Å². The molecule has 3 nitrogen and oxygen atoms in total. The number of hydrogen-bond acceptors (Lipinski definition) is 2. The lowest BCUT2D eigenvalue weighted by molar-refractivity contribution is -0.127. The van der Waals surface area contributed by atoms with Gasteiger partial charge < -0.3 is 11.1 Å². The summed E-state index contributed by atoms with van der Waals surface area (Å²) in [6.45, 7) is 0. The van der Waals surface area contributed by atoms with E-state index in [1.165, 1.54) is 25.7 Å². The van der Waals surface area contributed by atoms with Crippen LogP contribution in [0.2, 0.25) is 0 Å². The van der Waals surface area contributed by atoms with Gasteiger partial charge in [-0.25, -0.2) is 0 Å². The average molecular weight is 266 g/mol. The van der Waals surface area contributed by atoms with Crippen molar-refractivity contribution in [3.05, 3.63) is 0 Å². The highest BCUT2D eigenvalue weighted by Crippen LogP contribution is 2.49. The van der Waals surface area contributed by atoms with E-state index in [4.69, 9.17) is 18.0 Å². The van der Waals surface area contributed by atoms with E-state index in [-0.39, 0.29) is 23.8 Å². The Bertz CT molecular complexity index is 351. The Kier molecular flexibility index (Phi) is 3.31. The predicted molar refractivity (Wildman–Crippen MR) is 75.0 cm³/mol. The van der Waals surface area contributed by atoms with E-state index in [9.17, 15) is 4.79 Å². The molecule has 0 aromatic rings. The lowest BCUT2D eigenvalue weighted by atomic mass is 9.95. The van der Waals surface area contributed by atoms with Gasteiger partial charge in [-0.1, -0.05) is 18.6 Å². The summed E-state index contributed by atoms with van der Waals surface area (Å²) in [6.07, 6.45) is 8.20. The molecule has 3 saturated carbocycles. The fourth-order valence-corrected chi connectivity index (χ4v) is 3.76. The van der Waals surface area contributed by atoms with Gasteiger partial charge in [0.2, 0.25) is 5.91 Å². The SMILES string of the molecule is NC(=S)C1CCCC1NC(=O)C(C1CC1)C1CC1. The Labute approximate surface area is 114 Å². The molecule has 2 unspecified atom stereocenters. The molecule has 18 heavy (non-hydrogen) atoms. The summed E-state index contributed by atoms with van der Waals surface area (Å²) in [6, 6.07) is 0.204. The van der Waals surface area contributed by atoms with Crippen LogP contribution in [-0.4, -0.2) is 16.9 Å². The van der Waals surface area contributed by atoms with Gasteiger partial charge in [0.25, 0.3) is 0 Å². The first-order chi connectivity index (χ1) is 8.66. The van der Waals surface area contributed by atoms with E-state index in [0.717, 1.165) is 19.3 Å². The van der Waals surface area contributed by atoms with Crippen molar-refractivity contribution in [3.63, 3.8) is 0 Å². The molecular formula is C14H22N2OS. The second-order valence-electron chi connectivity index (χ2n) is 6.26. The maximum Gasteiger partial charge on any atom is 0.223 e. The van der Waals surface area contributed by atoms with Crippen LogP contribution in [0, 0.1) is 23.7 Å². The van der Waals surface area contributed by atoms with Crippen molar-refractivity contribution in [2.75, 3.05) is 0 Å². The minimum atomic E-state index is 0.204. The second-order valence-corrected chi connectivity index (χ2v) is 6.73. The van der Waals surface area contributed by atoms with Crippen LogP contribution in [0.15, 0.2) is 0 Å². The molecule has 0 aromatic heterocycles. The highest BCUT2D eigenvalue weighted by atomic mass is 32.1. The Hall–Kier alpha value is -0.640. The summed E-state index contributed by atoms with van der Waals surface area (Å²) < 4.78 is 0. The molecule has 2 atom stereocenters. The zero-order valence-electron chi connectivity index (χ0n) is 10.7. The summed E-state index contributed by atoms with van der Waals surface area (Å²) in [4.78, 5) is 13.0. The monoisotopic (exact) mass is 266 g/mol. The lowest BCUT2D eigenvalue weighted by Crippen LogP contribution is -2.45. The number of amides is 1. The Balaban J connectivity index is 1.60. The third-order valence-electron chi connectivity index (χ3n) is 4.77. The quantitative estimate of drug-likeness (QED) is 0.748. The van der Waals surface area contributed by atoms with Gasteiger partial charge in [0.05, 0.1) is 4.99 Å². The summed E-state index contributed by atoms with van der Waals surface area (Å²) in [5.74, 6) is 2.14. The molecule has 100 valence electrons.